The third-order valence-corrected chi connectivity index (χ3v) is 14.4. The van der Waals surface area contributed by atoms with Gasteiger partial charge in [-0.1, -0.05) is 45.0 Å². The van der Waals surface area contributed by atoms with Gasteiger partial charge in [0.15, 0.2) is 0 Å². The Morgan fingerprint density at radius 1 is 0.909 bits per heavy atom. The molecule has 3 fully saturated rings. The van der Waals surface area contributed by atoms with E-state index in [1.54, 1.807) is 33.5 Å². The van der Waals surface area contributed by atoms with Crippen molar-refractivity contribution in [3.8, 4) is 10.4 Å². The normalized spacial score (nSPS) is 19.5. The molecule has 350 valence electrons. The quantitative estimate of drug-likeness (QED) is 0.0896. The molecule has 0 unspecified atom stereocenters. The van der Waals surface area contributed by atoms with E-state index < -0.39 is 47.0 Å². The number of hydrogen-bond acceptors (Lipinski definition) is 13. The molecular formula is C47H59N11O7S. The van der Waals surface area contributed by atoms with E-state index in [2.05, 4.69) is 46.9 Å². The van der Waals surface area contributed by atoms with Gasteiger partial charge in [0.1, 0.15) is 47.1 Å². The molecule has 5 heterocycles. The van der Waals surface area contributed by atoms with Crippen molar-refractivity contribution < 1.29 is 29.1 Å². The second-order valence-electron chi connectivity index (χ2n) is 19.4. The van der Waals surface area contributed by atoms with Crippen molar-refractivity contribution in [1.82, 2.24) is 45.7 Å². The number of nitrogens with zero attached hydrogens (tertiary/aromatic N) is 5. The highest BCUT2D eigenvalue weighted by Gasteiger charge is 2.54. The topological polar surface area (TPSA) is 242 Å². The number of benzene rings is 1. The third-order valence-electron chi connectivity index (χ3n) is 13.4. The Morgan fingerprint density at radius 2 is 1.61 bits per heavy atom. The molecule has 0 radical (unpaired) electrons. The summed E-state index contributed by atoms with van der Waals surface area (Å²) in [6, 6.07) is 9.19. The Kier molecular flexibility index (Phi) is 13.0. The van der Waals surface area contributed by atoms with Crippen LogP contribution < -0.4 is 37.5 Å². The van der Waals surface area contributed by atoms with Gasteiger partial charge in [0.25, 0.3) is 11.5 Å². The van der Waals surface area contributed by atoms with Gasteiger partial charge in [-0.2, -0.15) is 0 Å². The standard InChI is InChI=1S/C47H59N11O7S/c1-27-20-32(43(64)58-38(27)42(63)56-47(58)16-14-46(12-13-46)15-17-47)54-35-22-34(51-25-52-35)48-18-10-36(60)49-19-11-37(61)55-40(45(3,4)5)44(65)57-24-31(59)21-33(57)41(62)50-23-29-6-8-30(9-7-29)39-28(2)53-26-66-39/h6-9,20,22,25-26,31,33,40,59H,10-19,21,23-24H2,1-5H3,(H,49,60)(H,50,62)(H,55,61)(H,56,63)(H2,48,51,52,54)/t31-,33+,40-/m1/s1. The number of aryl methyl sites for hydroxylation is 2. The summed E-state index contributed by atoms with van der Waals surface area (Å²) in [7, 11) is 0. The number of pyridine rings is 1. The zero-order valence-corrected chi connectivity index (χ0v) is 38.9. The number of likely N-dealkylation sites (tertiary alicyclic amines) is 1. The Labute approximate surface area is 387 Å². The predicted molar refractivity (Wildman–Crippen MR) is 249 cm³/mol. The number of thiazole rings is 1. The minimum atomic E-state index is -1.00. The van der Waals surface area contributed by atoms with Crippen molar-refractivity contribution in [2.24, 2.45) is 10.8 Å². The predicted octanol–water partition coefficient (Wildman–Crippen LogP) is 3.99. The number of nitrogens with one attached hydrogen (secondary N) is 6. The second-order valence-corrected chi connectivity index (χ2v) is 20.2. The first-order chi connectivity index (χ1) is 31.4. The lowest BCUT2D eigenvalue weighted by Crippen LogP contribution is -2.57. The van der Waals surface area contributed by atoms with E-state index in [4.69, 9.17) is 0 Å². The van der Waals surface area contributed by atoms with Gasteiger partial charge in [-0.3, -0.25) is 33.3 Å². The van der Waals surface area contributed by atoms with E-state index in [1.165, 1.54) is 24.1 Å². The van der Waals surface area contributed by atoms with E-state index in [9.17, 15) is 33.9 Å². The molecule has 18 nitrogen and oxygen atoms in total. The van der Waals surface area contributed by atoms with Crippen molar-refractivity contribution in [3.05, 3.63) is 81.1 Å². The van der Waals surface area contributed by atoms with Gasteiger partial charge in [-0.25, -0.2) is 15.0 Å². The van der Waals surface area contributed by atoms with E-state index in [0.717, 1.165) is 47.4 Å². The van der Waals surface area contributed by atoms with Crippen LogP contribution >= 0.6 is 11.3 Å². The highest BCUT2D eigenvalue weighted by molar-refractivity contribution is 7.13. The summed E-state index contributed by atoms with van der Waals surface area (Å²) in [6.07, 6.45) is 6.30. The number of carbonyl (C=O) groups is 5. The smallest absolute Gasteiger partial charge is 0.276 e. The van der Waals surface area contributed by atoms with Gasteiger partial charge in [0.2, 0.25) is 23.6 Å². The number of rotatable bonds is 15. The van der Waals surface area contributed by atoms with Gasteiger partial charge >= 0.3 is 0 Å². The summed E-state index contributed by atoms with van der Waals surface area (Å²) in [6.45, 7) is 9.63. The molecule has 7 N–H and O–H groups in total. The van der Waals surface area contributed by atoms with Gasteiger partial charge in [-0.05, 0) is 86.0 Å². The number of fused-ring (bicyclic) bond motifs is 2. The number of amides is 5. The molecule has 2 aliphatic carbocycles. The molecule has 1 saturated heterocycles. The van der Waals surface area contributed by atoms with Crippen molar-refractivity contribution in [2.45, 2.75) is 123 Å². The monoisotopic (exact) mass is 921 g/mol. The molecule has 3 aromatic heterocycles. The Hall–Kier alpha value is -6.21. The number of aliphatic hydroxyl groups is 1. The highest BCUT2D eigenvalue weighted by Crippen LogP contribution is 2.59. The van der Waals surface area contributed by atoms with Gasteiger partial charge < -0.3 is 41.9 Å². The number of β-amino-alcohol motifs (C(OH)–C–C–N with tert-alkyl or cyclic N) is 1. The van der Waals surface area contributed by atoms with Gasteiger partial charge in [-0.15, -0.1) is 11.3 Å². The van der Waals surface area contributed by atoms with E-state index in [1.807, 2.05) is 58.9 Å². The SMILES string of the molecule is Cc1cc(Nc2cc(NCCC(=O)NCCC(=O)N[C@H](C(=O)N3C[C@H](O)C[C@H]3C(=O)NCc3ccc(-c4scnc4C)cc3)C(C)(C)C)ncn2)c(=O)n2c1C(=O)NC21CCC2(CC2)CC1. The van der Waals surface area contributed by atoms with Crippen LogP contribution in [0.2, 0.25) is 0 Å². The minimum Gasteiger partial charge on any atom is -0.391 e. The van der Waals surface area contributed by atoms with Crippen LogP contribution in [0.1, 0.15) is 106 Å². The highest BCUT2D eigenvalue weighted by atomic mass is 32.1. The molecule has 1 aromatic carbocycles. The van der Waals surface area contributed by atoms with Crippen molar-refractivity contribution in [2.75, 3.05) is 30.3 Å². The Morgan fingerprint density at radius 3 is 2.29 bits per heavy atom. The fourth-order valence-corrected chi connectivity index (χ4v) is 10.3. The van der Waals surface area contributed by atoms with Crippen LogP contribution in [0, 0.1) is 24.7 Å². The molecule has 19 heteroatoms. The number of aromatic nitrogens is 4. The summed E-state index contributed by atoms with van der Waals surface area (Å²) in [5.74, 6) is -1.08. The van der Waals surface area contributed by atoms with Gasteiger partial charge in [0.05, 0.1) is 22.2 Å². The number of aliphatic hydroxyl groups excluding tert-OH is 1. The first-order valence-corrected chi connectivity index (χ1v) is 23.6. The van der Waals surface area contributed by atoms with Gasteiger partial charge in [0, 0.05) is 51.5 Å². The average Bonchev–Trinajstić information content (AvgIpc) is 3.53. The van der Waals surface area contributed by atoms with Crippen LogP contribution in [0.4, 0.5) is 17.3 Å². The van der Waals surface area contributed by atoms with Crippen LogP contribution in [0.3, 0.4) is 0 Å². The maximum Gasteiger partial charge on any atom is 0.276 e. The van der Waals surface area contributed by atoms with Crippen LogP contribution in [0.15, 0.2) is 53.0 Å². The summed E-state index contributed by atoms with van der Waals surface area (Å²) in [4.78, 5) is 95.7. The third kappa shape index (κ3) is 9.96. The van der Waals surface area contributed by atoms with E-state index >= 15 is 0 Å². The zero-order valence-electron chi connectivity index (χ0n) is 38.1. The molecule has 66 heavy (non-hydrogen) atoms. The van der Waals surface area contributed by atoms with E-state index in [0.29, 0.717) is 34.0 Å². The fourth-order valence-electron chi connectivity index (χ4n) is 9.45. The molecule has 5 amide bonds. The first kappa shape index (κ1) is 46.3. The summed E-state index contributed by atoms with van der Waals surface area (Å²) < 4.78 is 1.65. The van der Waals surface area contributed by atoms with Crippen LogP contribution in [0.25, 0.3) is 10.4 Å². The Balaban J connectivity index is 0.791. The number of hydrogen-bond donors (Lipinski definition) is 7. The largest absolute Gasteiger partial charge is 0.391 e. The lowest BCUT2D eigenvalue weighted by Gasteiger charge is -2.39. The number of carbonyl (C=O) groups excluding carboxylic acids is 5. The molecule has 2 saturated carbocycles. The molecule has 4 aromatic rings. The zero-order chi connectivity index (χ0) is 47.0. The molecule has 3 atom stereocenters. The lowest BCUT2D eigenvalue weighted by atomic mass is 9.79. The molecule has 0 bridgehead atoms. The molecule has 8 rings (SSSR count). The van der Waals surface area contributed by atoms with Crippen molar-refractivity contribution in [1.29, 1.82) is 0 Å². The molecule has 2 spiro atoms. The molecular weight excluding hydrogens is 863 g/mol. The van der Waals surface area contributed by atoms with Crippen LogP contribution in [0.5, 0.6) is 0 Å². The Bertz CT molecular complexity index is 2570. The lowest BCUT2D eigenvalue weighted by molar-refractivity contribution is -0.144. The van der Waals surface area contributed by atoms with Crippen LogP contribution in [-0.2, 0) is 31.4 Å². The number of anilines is 3. The first-order valence-electron chi connectivity index (χ1n) is 22.7. The molecule has 2 aliphatic heterocycles. The fraction of sp³-hybridized carbons (Fsp3) is 0.511. The minimum absolute atomic E-state index is 0.0224. The summed E-state index contributed by atoms with van der Waals surface area (Å²) >= 11 is 1.56. The average molecular weight is 922 g/mol. The maximum absolute atomic E-state index is 14.0. The summed E-state index contributed by atoms with van der Waals surface area (Å²) in [5, 5.41) is 28.4. The maximum atomic E-state index is 14.0. The summed E-state index contributed by atoms with van der Waals surface area (Å²) in [5.41, 5.74) is 4.67. The van der Waals surface area contributed by atoms with E-state index in [-0.39, 0.29) is 62.8 Å². The second kappa shape index (κ2) is 18.6. The van der Waals surface area contributed by atoms with Crippen molar-refractivity contribution >= 4 is 58.2 Å². The van der Waals surface area contributed by atoms with Crippen molar-refractivity contribution in [3.63, 3.8) is 0 Å². The van der Waals surface area contributed by atoms with Crippen LogP contribution in [-0.4, -0.2) is 96.9 Å². The molecule has 4 aliphatic rings.